The molecule has 2 rings (SSSR count). The number of carbonyl (C=O) groups is 2. The Balaban J connectivity index is 2.36. The van der Waals surface area contributed by atoms with Crippen LogP contribution in [0.2, 0.25) is 0 Å². The smallest absolute Gasteiger partial charge is 0.337 e. The van der Waals surface area contributed by atoms with Gasteiger partial charge in [0, 0.05) is 5.69 Å². The first-order valence-electron chi connectivity index (χ1n) is 9.14. The molecule has 0 fully saturated rings. The summed E-state index contributed by atoms with van der Waals surface area (Å²) in [5, 5.41) is 2.74. The van der Waals surface area contributed by atoms with Gasteiger partial charge in [-0.15, -0.1) is 0 Å². The van der Waals surface area contributed by atoms with Crippen molar-refractivity contribution in [1.82, 2.24) is 0 Å². The van der Waals surface area contributed by atoms with Gasteiger partial charge in [-0.3, -0.25) is 9.10 Å². The number of sulfonamides is 1. The first-order valence-corrected chi connectivity index (χ1v) is 11.0. The van der Waals surface area contributed by atoms with Crippen LogP contribution in [0.15, 0.2) is 42.5 Å². The van der Waals surface area contributed by atoms with Crippen LogP contribution >= 0.6 is 0 Å². The fourth-order valence-electron chi connectivity index (χ4n) is 3.03. The highest BCUT2D eigenvalue weighted by Gasteiger charge is 2.32. The van der Waals surface area contributed by atoms with E-state index in [1.807, 2.05) is 26.0 Å². The lowest BCUT2D eigenvalue weighted by Gasteiger charge is -2.31. The summed E-state index contributed by atoms with van der Waals surface area (Å²) in [4.78, 5) is 24.5. The summed E-state index contributed by atoms with van der Waals surface area (Å²) in [7, 11) is -2.43. The minimum Gasteiger partial charge on any atom is -0.465 e. The molecule has 1 amide bonds. The third-order valence-corrected chi connectivity index (χ3v) is 5.67. The van der Waals surface area contributed by atoms with E-state index in [1.165, 1.54) is 23.5 Å². The van der Waals surface area contributed by atoms with Crippen LogP contribution in [0.3, 0.4) is 0 Å². The van der Waals surface area contributed by atoms with Crippen LogP contribution in [0.25, 0.3) is 0 Å². The molecule has 1 atom stereocenters. The molecule has 0 aliphatic carbocycles. The van der Waals surface area contributed by atoms with E-state index in [1.54, 1.807) is 25.1 Å². The number of nitrogens with one attached hydrogen (secondary N) is 1. The molecule has 2 aromatic carbocycles. The Labute approximate surface area is 171 Å². The second-order valence-corrected chi connectivity index (χ2v) is 8.69. The first kappa shape index (κ1) is 22.4. The van der Waals surface area contributed by atoms with Crippen molar-refractivity contribution < 1.29 is 22.7 Å². The molecule has 0 saturated carbocycles. The highest BCUT2D eigenvalue weighted by atomic mass is 32.2. The van der Waals surface area contributed by atoms with Crippen molar-refractivity contribution in [2.75, 3.05) is 23.0 Å². The van der Waals surface area contributed by atoms with Crippen molar-refractivity contribution in [1.29, 1.82) is 0 Å². The Hall–Kier alpha value is -2.87. The van der Waals surface area contributed by atoms with Gasteiger partial charge in [0.2, 0.25) is 15.9 Å². The number of hydrogen-bond acceptors (Lipinski definition) is 5. The van der Waals surface area contributed by atoms with Crippen LogP contribution in [0.1, 0.15) is 34.8 Å². The molecule has 0 aromatic heterocycles. The van der Waals surface area contributed by atoms with Crippen LogP contribution in [0.5, 0.6) is 0 Å². The number of anilines is 2. The number of aryl methyl sites for hydroxylation is 2. The summed E-state index contributed by atoms with van der Waals surface area (Å²) in [6.07, 6.45) is 1.38. The van der Waals surface area contributed by atoms with E-state index < -0.39 is 27.9 Å². The van der Waals surface area contributed by atoms with E-state index in [0.29, 0.717) is 16.9 Å². The maximum Gasteiger partial charge on any atom is 0.337 e. The Morgan fingerprint density at radius 3 is 2.24 bits per heavy atom. The molecule has 1 N–H and O–H groups in total. The molecule has 0 heterocycles. The van der Waals surface area contributed by atoms with Crippen LogP contribution in [0.4, 0.5) is 11.4 Å². The molecule has 0 spiro atoms. The largest absolute Gasteiger partial charge is 0.465 e. The molecule has 156 valence electrons. The van der Waals surface area contributed by atoms with Gasteiger partial charge in [-0.2, -0.15) is 0 Å². The summed E-state index contributed by atoms with van der Waals surface area (Å²) in [5.74, 6) is -0.933. The topological polar surface area (TPSA) is 92.8 Å². The van der Waals surface area contributed by atoms with Gasteiger partial charge in [0.1, 0.15) is 6.04 Å². The van der Waals surface area contributed by atoms with E-state index in [9.17, 15) is 18.0 Å². The van der Waals surface area contributed by atoms with E-state index in [-0.39, 0.29) is 6.42 Å². The zero-order chi connectivity index (χ0) is 21.8. The third-order valence-electron chi connectivity index (χ3n) is 4.51. The molecule has 0 bridgehead atoms. The molecule has 2 aromatic rings. The van der Waals surface area contributed by atoms with Crippen molar-refractivity contribution in [2.45, 2.75) is 33.2 Å². The number of esters is 1. The number of benzene rings is 2. The third kappa shape index (κ3) is 5.35. The number of nitrogens with zero attached hydrogens (tertiary/aromatic N) is 1. The van der Waals surface area contributed by atoms with Gasteiger partial charge in [-0.05, 0) is 61.7 Å². The summed E-state index contributed by atoms with van der Waals surface area (Å²) in [5.41, 5.74) is 2.94. The Kier molecular flexibility index (Phi) is 7.02. The predicted octanol–water partition coefficient (Wildman–Crippen LogP) is 3.27. The van der Waals surface area contributed by atoms with Gasteiger partial charge >= 0.3 is 5.97 Å². The number of methoxy groups -OCH3 is 1. The standard InChI is InChI=1S/C21H26N2O5S/c1-6-18(20(24)22-17-11-9-16(10-12-17)21(25)28-4)23(29(5,26)27)19-13-14(2)7-8-15(19)3/h7-13,18H,6H2,1-5H3,(H,22,24)/t18-/m0/s1. The van der Waals surface area contributed by atoms with Crippen molar-refractivity contribution in [3.63, 3.8) is 0 Å². The number of carbonyl (C=O) groups excluding carboxylic acids is 2. The molecular formula is C21H26N2O5S. The van der Waals surface area contributed by atoms with E-state index in [0.717, 1.165) is 17.4 Å². The molecule has 29 heavy (non-hydrogen) atoms. The van der Waals surface area contributed by atoms with Gasteiger partial charge in [-0.25, -0.2) is 13.2 Å². The number of hydrogen-bond donors (Lipinski definition) is 1. The Morgan fingerprint density at radius 1 is 1.10 bits per heavy atom. The average molecular weight is 419 g/mol. The van der Waals surface area contributed by atoms with E-state index >= 15 is 0 Å². The second-order valence-electron chi connectivity index (χ2n) is 6.83. The summed E-state index contributed by atoms with van der Waals surface area (Å²) < 4.78 is 31.0. The molecule has 8 heteroatoms. The SMILES string of the molecule is CC[C@@H](C(=O)Nc1ccc(C(=O)OC)cc1)N(c1cc(C)ccc1C)S(C)(=O)=O. The van der Waals surface area contributed by atoms with Crippen molar-refractivity contribution >= 4 is 33.3 Å². The normalized spacial score (nSPS) is 12.2. The number of ether oxygens (including phenoxy) is 1. The minimum atomic E-state index is -3.72. The van der Waals surface area contributed by atoms with Gasteiger partial charge in [-0.1, -0.05) is 19.1 Å². The van der Waals surface area contributed by atoms with Crippen LogP contribution in [-0.4, -0.2) is 39.7 Å². The van der Waals surface area contributed by atoms with Gasteiger partial charge < -0.3 is 10.1 Å². The lowest BCUT2D eigenvalue weighted by Crippen LogP contribution is -2.47. The van der Waals surface area contributed by atoms with Crippen molar-refractivity contribution in [2.24, 2.45) is 0 Å². The monoisotopic (exact) mass is 418 g/mol. The Morgan fingerprint density at radius 2 is 1.72 bits per heavy atom. The van der Waals surface area contributed by atoms with Crippen LogP contribution < -0.4 is 9.62 Å². The molecule has 0 radical (unpaired) electrons. The molecule has 0 unspecified atom stereocenters. The maximum absolute atomic E-state index is 13.0. The zero-order valence-corrected chi connectivity index (χ0v) is 18.0. The quantitative estimate of drug-likeness (QED) is 0.697. The lowest BCUT2D eigenvalue weighted by atomic mass is 10.1. The van der Waals surface area contributed by atoms with Gasteiger partial charge in [0.05, 0.1) is 24.6 Å². The van der Waals surface area contributed by atoms with Crippen molar-refractivity contribution in [3.8, 4) is 0 Å². The van der Waals surface area contributed by atoms with E-state index in [4.69, 9.17) is 0 Å². The first-order chi connectivity index (χ1) is 13.6. The molecule has 0 aliphatic rings. The number of amides is 1. The van der Waals surface area contributed by atoms with Crippen molar-refractivity contribution in [3.05, 3.63) is 59.2 Å². The maximum atomic E-state index is 13.0. The molecule has 0 saturated heterocycles. The summed E-state index contributed by atoms with van der Waals surface area (Å²) in [6.45, 7) is 5.43. The molecular weight excluding hydrogens is 392 g/mol. The highest BCUT2D eigenvalue weighted by molar-refractivity contribution is 7.92. The zero-order valence-electron chi connectivity index (χ0n) is 17.2. The van der Waals surface area contributed by atoms with Crippen LogP contribution in [-0.2, 0) is 19.6 Å². The van der Waals surface area contributed by atoms with Crippen LogP contribution in [0, 0.1) is 13.8 Å². The molecule has 7 nitrogen and oxygen atoms in total. The fraction of sp³-hybridized carbons (Fsp3) is 0.333. The average Bonchev–Trinajstić information content (AvgIpc) is 2.67. The van der Waals surface area contributed by atoms with Gasteiger partial charge in [0.25, 0.3) is 0 Å². The lowest BCUT2D eigenvalue weighted by molar-refractivity contribution is -0.117. The molecule has 0 aliphatic heterocycles. The summed E-state index contributed by atoms with van der Waals surface area (Å²) >= 11 is 0. The Bertz CT molecular complexity index is 1000. The second kappa shape index (κ2) is 9.09. The minimum absolute atomic E-state index is 0.284. The predicted molar refractivity (Wildman–Crippen MR) is 114 cm³/mol. The van der Waals surface area contributed by atoms with E-state index in [2.05, 4.69) is 10.1 Å². The number of rotatable bonds is 7. The fourth-order valence-corrected chi connectivity index (χ4v) is 4.29. The summed E-state index contributed by atoms with van der Waals surface area (Å²) in [6, 6.07) is 10.8. The van der Waals surface area contributed by atoms with Gasteiger partial charge in [0.15, 0.2) is 0 Å². The highest BCUT2D eigenvalue weighted by Crippen LogP contribution is 2.28.